The number of rotatable bonds is 7. The molecular weight excluding hydrogens is 314 g/mol. The number of hydrogen-bond donors (Lipinski definition) is 2. The first-order valence-corrected chi connectivity index (χ1v) is 9.54. The van der Waals surface area contributed by atoms with Gasteiger partial charge >= 0.3 is 0 Å². The van der Waals surface area contributed by atoms with E-state index < -0.39 is 6.10 Å². The van der Waals surface area contributed by atoms with Crippen molar-refractivity contribution >= 4 is 11.0 Å². The molecule has 3 rings (SSSR count). The molecule has 0 amide bonds. The van der Waals surface area contributed by atoms with E-state index in [1.54, 1.807) is 0 Å². The molecule has 1 atom stereocenters. The van der Waals surface area contributed by atoms with Crippen molar-refractivity contribution in [3.8, 4) is 0 Å². The Kier molecular flexibility index (Phi) is 6.10. The van der Waals surface area contributed by atoms with Crippen LogP contribution in [0.2, 0.25) is 0 Å². The summed E-state index contributed by atoms with van der Waals surface area (Å²) >= 11 is 0. The van der Waals surface area contributed by atoms with Gasteiger partial charge in [0.25, 0.3) is 0 Å². The van der Waals surface area contributed by atoms with Crippen molar-refractivity contribution in [2.45, 2.75) is 52.3 Å². The maximum absolute atomic E-state index is 9.84. The van der Waals surface area contributed by atoms with Crippen LogP contribution in [0, 0.1) is 11.8 Å². The Morgan fingerprint density at radius 2 is 1.92 bits per heavy atom. The lowest BCUT2D eigenvalue weighted by Gasteiger charge is -2.33. The molecule has 5 nitrogen and oxygen atoms in total. The van der Waals surface area contributed by atoms with E-state index in [2.05, 4.69) is 41.5 Å². The fourth-order valence-electron chi connectivity index (χ4n) is 3.73. The molecule has 1 fully saturated rings. The molecule has 2 N–H and O–H groups in total. The maximum Gasteiger partial charge on any atom is 0.124 e. The molecule has 138 valence electrons. The number of para-hydroxylation sites is 2. The van der Waals surface area contributed by atoms with Crippen LogP contribution in [-0.2, 0) is 13.1 Å². The van der Waals surface area contributed by atoms with E-state index in [9.17, 15) is 5.11 Å². The molecule has 1 unspecified atom stereocenters. The lowest BCUT2D eigenvalue weighted by molar-refractivity contribution is 0.0167. The largest absolute Gasteiger partial charge is 0.394 e. The zero-order valence-electron chi connectivity index (χ0n) is 15.4. The van der Waals surface area contributed by atoms with Crippen molar-refractivity contribution in [3.05, 3.63) is 30.1 Å². The minimum atomic E-state index is -0.572. The summed E-state index contributed by atoms with van der Waals surface area (Å²) < 4.78 is 2.38. The average Bonchev–Trinajstić information content (AvgIpc) is 2.97. The van der Waals surface area contributed by atoms with Crippen LogP contribution in [0.25, 0.3) is 11.0 Å². The van der Waals surface area contributed by atoms with Gasteiger partial charge in [0, 0.05) is 6.54 Å². The smallest absolute Gasteiger partial charge is 0.124 e. The van der Waals surface area contributed by atoms with E-state index in [4.69, 9.17) is 10.1 Å². The first-order chi connectivity index (χ1) is 12.1. The number of aliphatic hydroxyl groups is 2. The zero-order chi connectivity index (χ0) is 17.8. The van der Waals surface area contributed by atoms with Gasteiger partial charge in [0.1, 0.15) is 5.82 Å². The van der Waals surface area contributed by atoms with Crippen molar-refractivity contribution in [2.24, 2.45) is 11.8 Å². The zero-order valence-corrected chi connectivity index (χ0v) is 15.4. The Morgan fingerprint density at radius 1 is 1.20 bits per heavy atom. The topological polar surface area (TPSA) is 61.5 Å². The molecule has 0 saturated carbocycles. The van der Waals surface area contributed by atoms with Gasteiger partial charge in [0.05, 0.1) is 30.3 Å². The molecule has 2 heterocycles. The third-order valence-corrected chi connectivity index (χ3v) is 5.39. The predicted octanol–water partition coefficient (Wildman–Crippen LogP) is 2.65. The molecular formula is C20H31N3O2. The van der Waals surface area contributed by atoms with Crippen molar-refractivity contribution in [2.75, 3.05) is 19.7 Å². The van der Waals surface area contributed by atoms with E-state index in [0.717, 1.165) is 56.8 Å². The minimum Gasteiger partial charge on any atom is -0.394 e. The highest BCUT2D eigenvalue weighted by Crippen LogP contribution is 2.24. The molecule has 0 spiro atoms. The van der Waals surface area contributed by atoms with Crippen LogP contribution >= 0.6 is 0 Å². The summed E-state index contributed by atoms with van der Waals surface area (Å²) in [6, 6.07) is 8.39. The molecule has 0 bridgehead atoms. The second-order valence-corrected chi connectivity index (χ2v) is 7.71. The van der Waals surface area contributed by atoms with Crippen LogP contribution in [-0.4, -0.2) is 50.5 Å². The van der Waals surface area contributed by atoms with Crippen LogP contribution in [0.3, 0.4) is 0 Å². The van der Waals surface area contributed by atoms with Crippen LogP contribution in [0.1, 0.15) is 38.9 Å². The number of aryl methyl sites for hydroxylation is 1. The van der Waals surface area contributed by atoms with E-state index >= 15 is 0 Å². The monoisotopic (exact) mass is 345 g/mol. The van der Waals surface area contributed by atoms with Crippen molar-refractivity contribution < 1.29 is 10.2 Å². The summed E-state index contributed by atoms with van der Waals surface area (Å²) in [7, 11) is 0. The summed E-state index contributed by atoms with van der Waals surface area (Å²) in [4.78, 5) is 7.31. The van der Waals surface area contributed by atoms with Crippen molar-refractivity contribution in [1.82, 2.24) is 14.5 Å². The van der Waals surface area contributed by atoms with Gasteiger partial charge in [0.15, 0.2) is 0 Å². The van der Waals surface area contributed by atoms with Gasteiger partial charge in [-0.25, -0.2) is 4.98 Å². The number of nitrogens with zero attached hydrogens (tertiary/aromatic N) is 3. The van der Waals surface area contributed by atoms with Crippen LogP contribution < -0.4 is 0 Å². The lowest BCUT2D eigenvalue weighted by atomic mass is 9.91. The molecule has 1 aromatic heterocycles. The third kappa shape index (κ3) is 4.40. The number of hydrogen-bond acceptors (Lipinski definition) is 4. The quantitative estimate of drug-likeness (QED) is 0.810. The number of piperidine rings is 1. The number of imidazole rings is 1. The van der Waals surface area contributed by atoms with Gasteiger partial charge in [-0.1, -0.05) is 26.0 Å². The number of fused-ring (bicyclic) bond motifs is 1. The molecule has 1 aliphatic heterocycles. The Balaban J connectivity index is 1.71. The molecule has 1 aliphatic rings. The number of aliphatic hydroxyl groups excluding tert-OH is 2. The lowest BCUT2D eigenvalue weighted by Crippen LogP contribution is -2.39. The summed E-state index contributed by atoms with van der Waals surface area (Å²) in [5, 5.41) is 19.0. The van der Waals surface area contributed by atoms with Crippen molar-refractivity contribution in [3.63, 3.8) is 0 Å². The summed E-state index contributed by atoms with van der Waals surface area (Å²) in [5.41, 5.74) is 2.30. The Morgan fingerprint density at radius 3 is 2.60 bits per heavy atom. The Hall–Kier alpha value is -1.43. The molecule has 0 radical (unpaired) electrons. The minimum absolute atomic E-state index is 0.129. The van der Waals surface area contributed by atoms with Crippen molar-refractivity contribution in [1.29, 1.82) is 0 Å². The Labute approximate surface area is 150 Å². The molecule has 2 aromatic rings. The normalized spacial score (nSPS) is 18.3. The van der Waals surface area contributed by atoms with Crippen LogP contribution in [0.15, 0.2) is 24.3 Å². The highest BCUT2D eigenvalue weighted by atomic mass is 16.3. The highest BCUT2D eigenvalue weighted by Gasteiger charge is 2.25. The molecule has 0 aliphatic carbocycles. The predicted molar refractivity (Wildman–Crippen MR) is 100 cm³/mol. The number of aromatic nitrogens is 2. The molecule has 1 aromatic carbocycles. The van der Waals surface area contributed by atoms with Gasteiger partial charge in [0.2, 0.25) is 0 Å². The van der Waals surface area contributed by atoms with E-state index in [-0.39, 0.29) is 12.5 Å². The maximum atomic E-state index is 9.84. The molecule has 5 heteroatoms. The SMILES string of the molecule is CC(C)CCn1c(CN2CCC(C(O)CO)CC2)nc2ccccc21. The van der Waals surface area contributed by atoms with Gasteiger partial charge < -0.3 is 14.8 Å². The number of benzene rings is 1. The fraction of sp³-hybridized carbons (Fsp3) is 0.650. The molecule has 25 heavy (non-hydrogen) atoms. The van der Waals surface area contributed by atoms with Gasteiger partial charge in [-0.05, 0) is 56.3 Å². The summed E-state index contributed by atoms with van der Waals surface area (Å²) in [5.74, 6) is 2.04. The van der Waals surface area contributed by atoms with E-state index in [0.29, 0.717) is 5.92 Å². The van der Waals surface area contributed by atoms with Gasteiger partial charge in [-0.3, -0.25) is 4.90 Å². The van der Waals surface area contributed by atoms with Gasteiger partial charge in [-0.15, -0.1) is 0 Å². The van der Waals surface area contributed by atoms with E-state index in [1.165, 1.54) is 5.52 Å². The van der Waals surface area contributed by atoms with E-state index in [1.807, 2.05) is 6.07 Å². The fourth-order valence-corrected chi connectivity index (χ4v) is 3.73. The highest BCUT2D eigenvalue weighted by molar-refractivity contribution is 5.75. The van der Waals surface area contributed by atoms with Crippen LogP contribution in [0.5, 0.6) is 0 Å². The number of likely N-dealkylation sites (tertiary alicyclic amines) is 1. The Bertz CT molecular complexity index is 675. The van der Waals surface area contributed by atoms with Crippen LogP contribution in [0.4, 0.5) is 0 Å². The first-order valence-electron chi connectivity index (χ1n) is 9.54. The first kappa shape index (κ1) is 18.4. The third-order valence-electron chi connectivity index (χ3n) is 5.39. The summed E-state index contributed by atoms with van der Waals surface area (Å²) in [6.07, 6.45) is 2.46. The second-order valence-electron chi connectivity index (χ2n) is 7.71. The average molecular weight is 345 g/mol. The van der Waals surface area contributed by atoms with Gasteiger partial charge in [-0.2, -0.15) is 0 Å². The second kappa shape index (κ2) is 8.30. The molecule has 1 saturated heterocycles. The standard InChI is InChI=1S/C20H31N3O2/c1-15(2)7-12-23-18-6-4-3-5-17(18)21-20(23)13-22-10-8-16(9-11-22)19(25)14-24/h3-6,15-16,19,24-25H,7-14H2,1-2H3. The summed E-state index contributed by atoms with van der Waals surface area (Å²) in [6.45, 7) is 8.16.